The summed E-state index contributed by atoms with van der Waals surface area (Å²) < 4.78 is 34.0. The maximum atomic E-state index is 12.9. The summed E-state index contributed by atoms with van der Waals surface area (Å²) >= 11 is 0.964. The van der Waals surface area contributed by atoms with Crippen LogP contribution in [0.5, 0.6) is 0 Å². The number of carboxylic acids is 1. The second-order valence-electron chi connectivity index (χ2n) is 7.17. The summed E-state index contributed by atoms with van der Waals surface area (Å²) in [6, 6.07) is -2.64. The third-order valence-corrected chi connectivity index (χ3v) is 6.03. The number of anilines is 1. The Morgan fingerprint density at radius 1 is 1.42 bits per heavy atom. The molecule has 3 rings (SSSR count). The predicted octanol–water partition coefficient (Wildman–Crippen LogP) is -1.90. The molecule has 178 valence electrons. The Balaban J connectivity index is 1.88. The molecule has 1 fully saturated rings. The molecule has 0 aliphatic carbocycles. The van der Waals surface area contributed by atoms with E-state index in [9.17, 15) is 32.5 Å². The Morgan fingerprint density at radius 3 is 2.64 bits per heavy atom. The first-order valence-electron chi connectivity index (χ1n) is 8.98. The summed E-state index contributed by atoms with van der Waals surface area (Å²) in [6.45, 7) is 2.16. The van der Waals surface area contributed by atoms with E-state index in [1.807, 2.05) is 0 Å². The van der Waals surface area contributed by atoms with E-state index in [0.717, 1.165) is 11.3 Å². The Hall–Kier alpha value is -3.64. The first-order valence-corrected chi connectivity index (χ1v) is 11.3. The van der Waals surface area contributed by atoms with Crippen LogP contribution in [0.4, 0.5) is 5.13 Å². The van der Waals surface area contributed by atoms with E-state index in [4.69, 9.17) is 10.6 Å². The molecule has 1 aliphatic heterocycles. The molecule has 18 heteroatoms. The Kier molecular flexibility index (Phi) is 6.34. The molecular formula is C15H18N8O8S2. The quantitative estimate of drug-likeness (QED) is 0.127. The van der Waals surface area contributed by atoms with Crippen molar-refractivity contribution in [2.75, 3.05) is 5.73 Å². The van der Waals surface area contributed by atoms with Gasteiger partial charge in [-0.05, 0) is 13.8 Å². The van der Waals surface area contributed by atoms with Gasteiger partial charge in [0.2, 0.25) is 5.60 Å². The molecule has 3 heterocycles. The molecular weight excluding hydrogens is 484 g/mol. The van der Waals surface area contributed by atoms with Crippen molar-refractivity contribution in [1.29, 1.82) is 0 Å². The van der Waals surface area contributed by atoms with Gasteiger partial charge >= 0.3 is 16.3 Å². The summed E-state index contributed by atoms with van der Waals surface area (Å²) in [5.41, 5.74) is 3.21. The van der Waals surface area contributed by atoms with Crippen molar-refractivity contribution in [3.05, 3.63) is 23.5 Å². The number of aliphatic carboxylic acids is 1. The molecule has 5 N–H and O–H groups in total. The van der Waals surface area contributed by atoms with Crippen molar-refractivity contribution in [2.45, 2.75) is 38.1 Å². The van der Waals surface area contributed by atoms with Crippen molar-refractivity contribution in [2.24, 2.45) is 5.16 Å². The number of nitrogens with one attached hydrogen (secondary N) is 1. The minimum absolute atomic E-state index is 0.0672. The summed E-state index contributed by atoms with van der Waals surface area (Å²) in [7, 11) is -4.92. The summed E-state index contributed by atoms with van der Waals surface area (Å²) in [4.78, 5) is 45.5. The number of β-lactam (4-membered cyclic amide) rings is 1. The molecule has 0 aromatic carbocycles. The van der Waals surface area contributed by atoms with Crippen LogP contribution >= 0.6 is 11.3 Å². The zero-order chi connectivity index (χ0) is 24.6. The Labute approximate surface area is 189 Å². The van der Waals surface area contributed by atoms with Crippen LogP contribution in [-0.2, 0) is 36.1 Å². The van der Waals surface area contributed by atoms with Gasteiger partial charge in [0.1, 0.15) is 11.7 Å². The highest BCUT2D eigenvalue weighted by Gasteiger charge is 2.54. The highest BCUT2D eigenvalue weighted by Crippen LogP contribution is 2.25. The Morgan fingerprint density at radius 2 is 2.12 bits per heavy atom. The SMILES string of the molecule is CC(C)(ON=C(C(=O)N[C@@H]1C(=O)N(S(=O)(=O)O)[C@@H]1Cn1ccnn1)c1csc(N)n1)C(=O)O. The van der Waals surface area contributed by atoms with Gasteiger partial charge in [-0.1, -0.05) is 10.4 Å². The third kappa shape index (κ3) is 5.07. The van der Waals surface area contributed by atoms with E-state index in [0.29, 0.717) is 0 Å². The van der Waals surface area contributed by atoms with E-state index < -0.39 is 51.5 Å². The molecule has 2 atom stereocenters. The number of nitrogens with zero attached hydrogens (tertiary/aromatic N) is 6. The predicted molar refractivity (Wildman–Crippen MR) is 110 cm³/mol. The molecule has 16 nitrogen and oxygen atoms in total. The van der Waals surface area contributed by atoms with Crippen LogP contribution in [0.25, 0.3) is 0 Å². The van der Waals surface area contributed by atoms with Crippen LogP contribution in [0.1, 0.15) is 19.5 Å². The summed E-state index contributed by atoms with van der Waals surface area (Å²) in [5, 5.41) is 23.7. The highest BCUT2D eigenvalue weighted by molar-refractivity contribution is 7.84. The lowest BCUT2D eigenvalue weighted by Gasteiger charge is -2.43. The Bertz CT molecular complexity index is 1210. The zero-order valence-corrected chi connectivity index (χ0v) is 18.6. The number of nitrogens with two attached hydrogens (primary N) is 1. The number of thiazole rings is 1. The second kappa shape index (κ2) is 8.71. The topological polar surface area (TPSA) is 232 Å². The van der Waals surface area contributed by atoms with Crippen LogP contribution in [0.3, 0.4) is 0 Å². The van der Waals surface area contributed by atoms with Gasteiger partial charge in [-0.3, -0.25) is 18.8 Å². The number of rotatable bonds is 9. The number of hydrogen-bond donors (Lipinski definition) is 4. The van der Waals surface area contributed by atoms with Crippen molar-refractivity contribution >= 4 is 50.3 Å². The van der Waals surface area contributed by atoms with Gasteiger partial charge in [0, 0.05) is 11.6 Å². The van der Waals surface area contributed by atoms with Crippen LogP contribution in [-0.4, -0.2) is 83.5 Å². The van der Waals surface area contributed by atoms with Crippen LogP contribution in [0.2, 0.25) is 0 Å². The molecule has 0 saturated carbocycles. The van der Waals surface area contributed by atoms with Crippen molar-refractivity contribution in [3.63, 3.8) is 0 Å². The average molecular weight is 502 g/mol. The minimum atomic E-state index is -4.92. The fourth-order valence-electron chi connectivity index (χ4n) is 2.67. The minimum Gasteiger partial charge on any atom is -0.478 e. The monoisotopic (exact) mass is 502 g/mol. The van der Waals surface area contributed by atoms with E-state index >= 15 is 0 Å². The summed E-state index contributed by atoms with van der Waals surface area (Å²) in [6.07, 6.45) is 2.70. The lowest BCUT2D eigenvalue weighted by atomic mass is 9.98. The lowest BCUT2D eigenvalue weighted by molar-refractivity contribution is -0.161. The van der Waals surface area contributed by atoms with Gasteiger partial charge in [0.05, 0.1) is 18.8 Å². The molecule has 1 saturated heterocycles. The second-order valence-corrected chi connectivity index (χ2v) is 9.35. The maximum Gasteiger partial charge on any atom is 0.362 e. The number of carbonyl (C=O) groups excluding carboxylic acids is 2. The first kappa shape index (κ1) is 24.0. The number of carboxylic acid groups (broad SMARTS) is 1. The fraction of sp³-hybridized carbons (Fsp3) is 0.400. The number of aromatic nitrogens is 4. The number of amides is 2. The van der Waals surface area contributed by atoms with Gasteiger partial charge in [0.25, 0.3) is 11.8 Å². The van der Waals surface area contributed by atoms with Crippen LogP contribution < -0.4 is 11.1 Å². The van der Waals surface area contributed by atoms with Crippen molar-refractivity contribution in [3.8, 4) is 0 Å². The molecule has 33 heavy (non-hydrogen) atoms. The number of hydrogen-bond acceptors (Lipinski definition) is 12. The highest BCUT2D eigenvalue weighted by atomic mass is 32.2. The number of nitrogen functional groups attached to an aromatic ring is 1. The summed E-state index contributed by atoms with van der Waals surface area (Å²) in [5.74, 6) is -3.51. The van der Waals surface area contributed by atoms with Gasteiger partial charge < -0.3 is 21.0 Å². The normalized spacial score (nSPS) is 19.2. The molecule has 0 spiro atoms. The van der Waals surface area contributed by atoms with Gasteiger partial charge in [-0.25, -0.2) is 14.1 Å². The molecule has 0 radical (unpaired) electrons. The van der Waals surface area contributed by atoms with E-state index in [-0.39, 0.29) is 21.7 Å². The lowest BCUT2D eigenvalue weighted by Crippen LogP contribution is -2.73. The van der Waals surface area contributed by atoms with Crippen LogP contribution in [0.15, 0.2) is 22.9 Å². The first-order chi connectivity index (χ1) is 15.3. The standard InChI is InChI=1S/C15H18N8O8S2/c1-15(2,13(26)27)31-20-9(7-6-32-14(16)18-7)11(24)19-10-8(5-22-4-3-17-21-22)23(12(10)25)33(28,29)30/h3-4,6,8,10H,5H2,1-2H3,(H2,16,18)(H,19,24)(H,26,27)(H,28,29,30)/t8-,10+/m1/s1. The molecule has 0 bridgehead atoms. The number of oxime groups is 1. The molecule has 2 aromatic heterocycles. The van der Waals surface area contributed by atoms with Gasteiger partial charge in [-0.2, -0.15) is 8.42 Å². The molecule has 2 amide bonds. The van der Waals surface area contributed by atoms with E-state index in [1.54, 1.807) is 0 Å². The van der Waals surface area contributed by atoms with Gasteiger partial charge in [-0.15, -0.1) is 16.4 Å². The largest absolute Gasteiger partial charge is 0.478 e. The molecule has 2 aromatic rings. The van der Waals surface area contributed by atoms with Crippen molar-refractivity contribution in [1.82, 2.24) is 29.6 Å². The van der Waals surface area contributed by atoms with Crippen molar-refractivity contribution < 1.29 is 37.3 Å². The van der Waals surface area contributed by atoms with Gasteiger partial charge in [0.15, 0.2) is 10.8 Å². The average Bonchev–Trinajstić information content (AvgIpc) is 3.36. The molecule has 1 aliphatic rings. The molecule has 0 unspecified atom stereocenters. The number of carbonyl (C=O) groups is 3. The van der Waals surface area contributed by atoms with E-state index in [1.165, 1.54) is 36.3 Å². The smallest absolute Gasteiger partial charge is 0.362 e. The maximum absolute atomic E-state index is 12.9. The zero-order valence-electron chi connectivity index (χ0n) is 17.0. The fourth-order valence-corrected chi connectivity index (χ4v) is 4.09. The van der Waals surface area contributed by atoms with Crippen LogP contribution in [0, 0.1) is 0 Å². The van der Waals surface area contributed by atoms with E-state index in [2.05, 4.69) is 25.8 Å². The third-order valence-electron chi connectivity index (χ3n) is 4.41.